The monoisotopic (exact) mass is 241 g/mol. The molecule has 1 aliphatic rings. The van der Waals surface area contributed by atoms with Gasteiger partial charge >= 0.3 is 0 Å². The van der Waals surface area contributed by atoms with E-state index in [1.54, 1.807) is 25.3 Å². The van der Waals surface area contributed by atoms with Crippen molar-refractivity contribution in [3.05, 3.63) is 29.4 Å². The minimum Gasteiger partial charge on any atom is -0.293 e. The zero-order valence-corrected chi connectivity index (χ0v) is 10.4. The summed E-state index contributed by atoms with van der Waals surface area (Å²) in [5, 5.41) is 9.10. The lowest BCUT2D eigenvalue weighted by Gasteiger charge is -2.06. The molecular weight excluding hydrogens is 226 g/mol. The highest BCUT2D eigenvalue weighted by Gasteiger charge is 2.25. The lowest BCUT2D eigenvalue weighted by atomic mass is 9.96. The average molecular weight is 241 g/mol. The van der Waals surface area contributed by atoms with Gasteiger partial charge in [-0.05, 0) is 31.9 Å². The molecular formula is C14H15N3O. The normalized spacial score (nSPS) is 16.6. The molecule has 0 N–H and O–H groups in total. The molecule has 0 unspecified atom stereocenters. The Morgan fingerprint density at radius 1 is 1.50 bits per heavy atom. The zero-order valence-electron chi connectivity index (χ0n) is 10.4. The number of nitriles is 1. The molecule has 1 heterocycles. The predicted molar refractivity (Wildman–Crippen MR) is 67.3 cm³/mol. The van der Waals surface area contributed by atoms with Crippen molar-refractivity contribution in [3.63, 3.8) is 0 Å². The third-order valence-corrected chi connectivity index (χ3v) is 3.20. The van der Waals surface area contributed by atoms with E-state index in [-0.39, 0.29) is 17.3 Å². The number of aryl methyl sites for hydroxylation is 1. The number of rotatable bonds is 3. The van der Waals surface area contributed by atoms with Crippen molar-refractivity contribution in [2.75, 3.05) is 0 Å². The van der Waals surface area contributed by atoms with E-state index in [9.17, 15) is 4.79 Å². The second-order valence-corrected chi connectivity index (χ2v) is 4.54. The van der Waals surface area contributed by atoms with Gasteiger partial charge in [0.15, 0.2) is 5.78 Å². The first-order valence-electron chi connectivity index (χ1n) is 6.16. The molecule has 1 aliphatic carbocycles. The molecule has 2 rings (SSSR count). The van der Waals surface area contributed by atoms with Gasteiger partial charge in [-0.1, -0.05) is 12.8 Å². The van der Waals surface area contributed by atoms with Crippen LogP contribution >= 0.6 is 0 Å². The van der Waals surface area contributed by atoms with E-state index < -0.39 is 0 Å². The van der Waals surface area contributed by atoms with Gasteiger partial charge < -0.3 is 0 Å². The highest BCUT2D eigenvalue weighted by Crippen LogP contribution is 2.28. The second-order valence-electron chi connectivity index (χ2n) is 4.54. The van der Waals surface area contributed by atoms with Gasteiger partial charge in [-0.3, -0.25) is 4.79 Å². The Labute approximate surface area is 106 Å². The standard InChI is InChI=1S/C14H15N3O/c1-10-16-7-6-13(17-10)8-12(9-15)14(18)11-4-2-3-5-11/h6-8,11H,2-5H2,1H3/b12-8+. The van der Waals surface area contributed by atoms with Gasteiger partial charge in [-0.15, -0.1) is 0 Å². The fraction of sp³-hybridized carbons (Fsp3) is 0.429. The predicted octanol–water partition coefficient (Wildman–Crippen LogP) is 2.45. The van der Waals surface area contributed by atoms with Crippen molar-refractivity contribution < 1.29 is 4.79 Å². The topological polar surface area (TPSA) is 66.6 Å². The fourth-order valence-corrected chi connectivity index (χ4v) is 2.27. The van der Waals surface area contributed by atoms with Crippen molar-refractivity contribution in [1.29, 1.82) is 5.26 Å². The molecule has 0 aromatic carbocycles. The lowest BCUT2D eigenvalue weighted by Crippen LogP contribution is -2.12. The highest BCUT2D eigenvalue weighted by molar-refractivity contribution is 6.04. The Hall–Kier alpha value is -2.02. The summed E-state index contributed by atoms with van der Waals surface area (Å²) in [6, 6.07) is 3.70. The molecule has 0 saturated heterocycles. The smallest absolute Gasteiger partial charge is 0.176 e. The number of carbonyl (C=O) groups is 1. The number of ketones is 1. The first-order chi connectivity index (χ1) is 8.70. The van der Waals surface area contributed by atoms with Gasteiger partial charge in [0.2, 0.25) is 0 Å². The number of nitrogens with zero attached hydrogens (tertiary/aromatic N) is 3. The van der Waals surface area contributed by atoms with E-state index in [2.05, 4.69) is 9.97 Å². The van der Waals surface area contributed by atoms with Crippen molar-refractivity contribution in [1.82, 2.24) is 9.97 Å². The Kier molecular flexibility index (Phi) is 3.83. The lowest BCUT2D eigenvalue weighted by molar-refractivity contribution is -0.118. The van der Waals surface area contributed by atoms with Crippen LogP contribution in [0.4, 0.5) is 0 Å². The molecule has 18 heavy (non-hydrogen) atoms. The molecule has 92 valence electrons. The van der Waals surface area contributed by atoms with E-state index in [4.69, 9.17) is 5.26 Å². The summed E-state index contributed by atoms with van der Waals surface area (Å²) in [5.41, 5.74) is 0.824. The maximum Gasteiger partial charge on any atom is 0.176 e. The van der Waals surface area contributed by atoms with Crippen LogP contribution in [0.2, 0.25) is 0 Å². The molecule has 0 amide bonds. The van der Waals surface area contributed by atoms with Crippen molar-refractivity contribution in [2.24, 2.45) is 5.92 Å². The van der Waals surface area contributed by atoms with Crippen LogP contribution in [0.5, 0.6) is 0 Å². The van der Waals surface area contributed by atoms with E-state index in [0.29, 0.717) is 11.5 Å². The third-order valence-electron chi connectivity index (χ3n) is 3.20. The largest absolute Gasteiger partial charge is 0.293 e. The highest BCUT2D eigenvalue weighted by atomic mass is 16.1. The maximum atomic E-state index is 12.1. The summed E-state index contributed by atoms with van der Waals surface area (Å²) in [4.78, 5) is 20.3. The SMILES string of the molecule is Cc1nccc(/C=C(\C#N)C(=O)C2CCCC2)n1. The van der Waals surface area contributed by atoms with Gasteiger partial charge in [-0.2, -0.15) is 5.26 Å². The Morgan fingerprint density at radius 2 is 2.22 bits per heavy atom. The second kappa shape index (κ2) is 5.54. The van der Waals surface area contributed by atoms with Gasteiger partial charge in [-0.25, -0.2) is 9.97 Å². The molecule has 0 radical (unpaired) electrons. The van der Waals surface area contributed by atoms with Gasteiger partial charge in [0, 0.05) is 12.1 Å². The molecule has 4 nitrogen and oxygen atoms in total. The molecule has 1 aromatic heterocycles. The van der Waals surface area contributed by atoms with Crippen LogP contribution in [-0.2, 0) is 4.79 Å². The van der Waals surface area contributed by atoms with E-state index in [1.165, 1.54) is 0 Å². The van der Waals surface area contributed by atoms with Crippen LogP contribution in [0.1, 0.15) is 37.2 Å². The number of Topliss-reactive ketones (excluding diaryl/α,β-unsaturated/α-hetero) is 1. The van der Waals surface area contributed by atoms with Gasteiger partial charge in [0.1, 0.15) is 11.9 Å². The summed E-state index contributed by atoms with van der Waals surface area (Å²) in [6.07, 6.45) is 7.17. The van der Waals surface area contributed by atoms with Gasteiger partial charge in [0.05, 0.1) is 11.3 Å². The van der Waals surface area contributed by atoms with Crippen LogP contribution in [0.3, 0.4) is 0 Å². The first-order valence-corrected chi connectivity index (χ1v) is 6.16. The Balaban J connectivity index is 2.23. The number of aromatic nitrogens is 2. The third kappa shape index (κ3) is 2.80. The van der Waals surface area contributed by atoms with Crippen molar-refractivity contribution in [2.45, 2.75) is 32.6 Å². The van der Waals surface area contributed by atoms with Crippen LogP contribution in [0, 0.1) is 24.2 Å². The number of hydrogen-bond donors (Lipinski definition) is 0. The molecule has 0 atom stereocenters. The summed E-state index contributed by atoms with van der Waals surface area (Å²) in [7, 11) is 0. The molecule has 4 heteroatoms. The quantitative estimate of drug-likeness (QED) is 0.602. The molecule has 0 spiro atoms. The number of carbonyl (C=O) groups excluding carboxylic acids is 1. The summed E-state index contributed by atoms with van der Waals surface area (Å²) in [5.74, 6) is 0.624. The number of hydrogen-bond acceptors (Lipinski definition) is 4. The fourth-order valence-electron chi connectivity index (χ4n) is 2.27. The minimum atomic E-state index is -0.0359. The van der Waals surface area contributed by atoms with Crippen LogP contribution < -0.4 is 0 Å². The summed E-state index contributed by atoms with van der Waals surface area (Å²) in [6.45, 7) is 1.78. The number of allylic oxidation sites excluding steroid dienone is 1. The molecule has 1 fully saturated rings. The van der Waals surface area contributed by atoms with E-state index in [1.807, 2.05) is 6.07 Å². The van der Waals surface area contributed by atoms with Gasteiger partial charge in [0.25, 0.3) is 0 Å². The minimum absolute atomic E-state index is 0.0267. The molecule has 1 saturated carbocycles. The Morgan fingerprint density at radius 3 is 2.83 bits per heavy atom. The van der Waals surface area contributed by atoms with Crippen LogP contribution in [0.25, 0.3) is 6.08 Å². The van der Waals surface area contributed by atoms with Crippen molar-refractivity contribution in [3.8, 4) is 6.07 Å². The summed E-state index contributed by atoms with van der Waals surface area (Å²) >= 11 is 0. The molecule has 1 aromatic rings. The van der Waals surface area contributed by atoms with Crippen molar-refractivity contribution >= 4 is 11.9 Å². The van der Waals surface area contributed by atoms with Crippen LogP contribution in [-0.4, -0.2) is 15.8 Å². The van der Waals surface area contributed by atoms with E-state index in [0.717, 1.165) is 25.7 Å². The Bertz CT molecular complexity index is 522. The first kappa shape index (κ1) is 12.4. The molecule has 0 aliphatic heterocycles. The van der Waals surface area contributed by atoms with Crippen LogP contribution in [0.15, 0.2) is 17.8 Å². The maximum absolute atomic E-state index is 12.1. The zero-order chi connectivity index (χ0) is 13.0. The summed E-state index contributed by atoms with van der Waals surface area (Å²) < 4.78 is 0. The van der Waals surface area contributed by atoms with E-state index >= 15 is 0 Å². The molecule has 0 bridgehead atoms. The average Bonchev–Trinajstić information content (AvgIpc) is 2.89.